The van der Waals surface area contributed by atoms with Gasteiger partial charge in [0.15, 0.2) is 11.5 Å². The summed E-state index contributed by atoms with van der Waals surface area (Å²) in [6.07, 6.45) is 0.656. The number of aromatic hydroxyl groups is 1. The minimum atomic E-state index is -0.506. The van der Waals surface area contributed by atoms with Crippen LogP contribution < -0.4 is 10.5 Å². The molecular weight excluding hydrogens is 348 g/mol. The number of aryl methyl sites for hydroxylation is 1. The molecule has 0 saturated heterocycles. The monoisotopic (exact) mass is 374 g/mol. The third-order valence-corrected chi connectivity index (χ3v) is 5.54. The van der Waals surface area contributed by atoms with Crippen molar-refractivity contribution < 1.29 is 14.6 Å². The van der Waals surface area contributed by atoms with E-state index in [1.54, 1.807) is 22.3 Å². The Hall–Kier alpha value is -2.05. The van der Waals surface area contributed by atoms with E-state index in [2.05, 4.69) is 26.8 Å². The van der Waals surface area contributed by atoms with Gasteiger partial charge in [0.1, 0.15) is 6.61 Å². The van der Waals surface area contributed by atoms with Gasteiger partial charge in [-0.25, -0.2) is 0 Å². The van der Waals surface area contributed by atoms with Crippen molar-refractivity contribution in [3.63, 3.8) is 0 Å². The zero-order valence-corrected chi connectivity index (χ0v) is 16.3. The van der Waals surface area contributed by atoms with Crippen LogP contribution in [0.3, 0.4) is 0 Å². The van der Waals surface area contributed by atoms with Crippen LogP contribution in [0.4, 0.5) is 0 Å². The molecular formula is C20H26N2O3S. The van der Waals surface area contributed by atoms with E-state index in [1.807, 2.05) is 12.1 Å². The highest BCUT2D eigenvalue weighted by atomic mass is 32.1. The minimum absolute atomic E-state index is 0.0630. The van der Waals surface area contributed by atoms with Crippen LogP contribution in [0.2, 0.25) is 0 Å². The molecule has 0 aliphatic carbocycles. The molecule has 2 heterocycles. The Bertz CT molecular complexity index is 800. The van der Waals surface area contributed by atoms with Crippen molar-refractivity contribution in [2.45, 2.75) is 39.8 Å². The van der Waals surface area contributed by atoms with Crippen LogP contribution in [0.15, 0.2) is 24.3 Å². The van der Waals surface area contributed by atoms with Crippen molar-refractivity contribution in [3.05, 3.63) is 34.7 Å². The van der Waals surface area contributed by atoms with E-state index in [1.165, 1.54) is 4.88 Å². The van der Waals surface area contributed by atoms with Crippen LogP contribution in [-0.2, 0) is 11.3 Å². The number of nitrogens with zero attached hydrogens (tertiary/aromatic N) is 1. The highest BCUT2D eigenvalue weighted by Gasteiger charge is 2.26. The number of benzene rings is 1. The summed E-state index contributed by atoms with van der Waals surface area (Å²) in [5.74, 6) is 0.883. The number of thiophene rings is 1. The number of amides is 1. The molecule has 0 bridgehead atoms. The summed E-state index contributed by atoms with van der Waals surface area (Å²) in [5.41, 5.74) is 7.84. The smallest absolute Gasteiger partial charge is 0.239 e. The maximum absolute atomic E-state index is 12.7. The number of carbonyl (C=O) groups excluding carboxylic acids is 1. The van der Waals surface area contributed by atoms with E-state index in [4.69, 9.17) is 10.5 Å². The fraction of sp³-hybridized carbons (Fsp3) is 0.450. The van der Waals surface area contributed by atoms with Gasteiger partial charge in [0.25, 0.3) is 0 Å². The van der Waals surface area contributed by atoms with Gasteiger partial charge in [-0.15, -0.1) is 11.3 Å². The molecule has 2 aromatic rings. The largest absolute Gasteiger partial charge is 0.504 e. The molecule has 1 aromatic heterocycles. The van der Waals surface area contributed by atoms with E-state index in [-0.39, 0.29) is 11.7 Å². The topological polar surface area (TPSA) is 75.8 Å². The third kappa shape index (κ3) is 4.02. The molecule has 5 nitrogen and oxygen atoms in total. The summed E-state index contributed by atoms with van der Waals surface area (Å²) in [4.78, 5) is 16.8. The van der Waals surface area contributed by atoms with Gasteiger partial charge in [-0.1, -0.05) is 13.8 Å². The van der Waals surface area contributed by atoms with Crippen LogP contribution in [0.25, 0.3) is 10.4 Å². The zero-order valence-electron chi connectivity index (χ0n) is 15.5. The van der Waals surface area contributed by atoms with Gasteiger partial charge in [-0.3, -0.25) is 4.79 Å². The Morgan fingerprint density at radius 3 is 2.81 bits per heavy atom. The number of hydrogen-bond donors (Lipinski definition) is 2. The molecule has 0 unspecified atom stereocenters. The summed E-state index contributed by atoms with van der Waals surface area (Å²) in [5, 5.41) is 10.4. The number of carbonyl (C=O) groups is 1. The molecule has 1 aromatic carbocycles. The van der Waals surface area contributed by atoms with Crippen LogP contribution in [0, 0.1) is 12.8 Å². The van der Waals surface area contributed by atoms with Gasteiger partial charge in [0.05, 0.1) is 12.6 Å². The van der Waals surface area contributed by atoms with Crippen molar-refractivity contribution in [3.8, 4) is 21.9 Å². The molecule has 1 amide bonds. The first kappa shape index (κ1) is 18.7. The second-order valence-corrected chi connectivity index (χ2v) is 8.53. The number of rotatable bonds is 4. The molecule has 0 fully saturated rings. The maximum atomic E-state index is 12.7. The molecule has 140 valence electrons. The van der Waals surface area contributed by atoms with E-state index in [0.717, 1.165) is 16.0 Å². The molecule has 0 radical (unpaired) electrons. The second kappa shape index (κ2) is 7.68. The van der Waals surface area contributed by atoms with Crippen LogP contribution in [-0.4, -0.2) is 35.1 Å². The summed E-state index contributed by atoms with van der Waals surface area (Å²) < 4.78 is 5.74. The van der Waals surface area contributed by atoms with Crippen molar-refractivity contribution >= 4 is 17.2 Å². The van der Waals surface area contributed by atoms with Gasteiger partial charge in [-0.2, -0.15) is 0 Å². The number of hydrogen-bond acceptors (Lipinski definition) is 5. The number of nitrogens with two attached hydrogens (primary N) is 1. The van der Waals surface area contributed by atoms with E-state index in [9.17, 15) is 9.90 Å². The molecule has 26 heavy (non-hydrogen) atoms. The second-order valence-electron chi connectivity index (χ2n) is 7.24. The molecule has 0 spiro atoms. The lowest BCUT2D eigenvalue weighted by atomic mass is 10.0. The third-order valence-electron chi connectivity index (χ3n) is 4.49. The average Bonchev–Trinajstić information content (AvgIpc) is 2.88. The first-order valence-corrected chi connectivity index (χ1v) is 9.76. The van der Waals surface area contributed by atoms with Gasteiger partial charge in [-0.05, 0) is 49.1 Å². The van der Waals surface area contributed by atoms with Crippen molar-refractivity contribution in [1.29, 1.82) is 0 Å². The maximum Gasteiger partial charge on any atom is 0.239 e. The molecule has 1 atom stereocenters. The quantitative estimate of drug-likeness (QED) is 0.858. The lowest BCUT2D eigenvalue weighted by molar-refractivity contribution is -0.133. The van der Waals surface area contributed by atoms with Gasteiger partial charge >= 0.3 is 0 Å². The van der Waals surface area contributed by atoms with Crippen LogP contribution >= 0.6 is 11.3 Å². The Morgan fingerprint density at radius 2 is 2.15 bits per heavy atom. The number of phenols is 1. The fourth-order valence-corrected chi connectivity index (χ4v) is 4.12. The molecule has 1 aliphatic heterocycles. The fourth-order valence-electron chi connectivity index (χ4n) is 3.26. The van der Waals surface area contributed by atoms with Gasteiger partial charge in [0, 0.05) is 21.9 Å². The Balaban J connectivity index is 1.88. The Labute approximate surface area is 158 Å². The van der Waals surface area contributed by atoms with Crippen LogP contribution in [0.5, 0.6) is 11.5 Å². The molecule has 0 saturated carbocycles. The predicted molar refractivity (Wildman–Crippen MR) is 104 cm³/mol. The highest BCUT2D eigenvalue weighted by molar-refractivity contribution is 7.15. The standard InChI is InChI=1S/C20H26N2O3S/c1-12(2)8-16(21)20(24)22-6-7-25-19-15(11-22)9-14(10-17(19)23)18-5-4-13(3)26-18/h4-5,9-10,12,16,23H,6-8,11,21H2,1-3H3/t16-/m1/s1. The Kier molecular flexibility index (Phi) is 5.53. The highest BCUT2D eigenvalue weighted by Crippen LogP contribution is 2.39. The summed E-state index contributed by atoms with van der Waals surface area (Å²) in [7, 11) is 0. The normalized spacial score (nSPS) is 15.3. The first-order chi connectivity index (χ1) is 12.3. The van der Waals surface area contributed by atoms with Gasteiger partial charge < -0.3 is 20.5 Å². The Morgan fingerprint density at radius 1 is 1.38 bits per heavy atom. The van der Waals surface area contributed by atoms with Gasteiger partial charge in [0.2, 0.25) is 5.91 Å². The number of fused-ring (bicyclic) bond motifs is 1. The SMILES string of the molecule is Cc1ccc(-c2cc(O)c3c(c2)CN(C(=O)[C@H](N)CC(C)C)CCO3)s1. The van der Waals surface area contributed by atoms with E-state index >= 15 is 0 Å². The molecule has 6 heteroatoms. The van der Waals surface area contributed by atoms with Crippen LogP contribution in [0.1, 0.15) is 30.7 Å². The first-order valence-electron chi connectivity index (χ1n) is 8.95. The molecule has 1 aliphatic rings. The predicted octanol–water partition coefficient (Wildman–Crippen LogP) is 3.52. The lowest BCUT2D eigenvalue weighted by Gasteiger charge is -2.24. The number of phenolic OH excluding ortho intramolecular Hbond substituents is 1. The summed E-state index contributed by atoms with van der Waals surface area (Å²) in [6.45, 7) is 7.37. The summed E-state index contributed by atoms with van der Waals surface area (Å²) in [6, 6.07) is 7.32. The lowest BCUT2D eigenvalue weighted by Crippen LogP contribution is -2.44. The van der Waals surface area contributed by atoms with E-state index in [0.29, 0.717) is 37.8 Å². The zero-order chi connectivity index (χ0) is 18.8. The molecule has 3 N–H and O–H groups in total. The average molecular weight is 375 g/mol. The van der Waals surface area contributed by atoms with Crippen molar-refractivity contribution in [1.82, 2.24) is 4.90 Å². The minimum Gasteiger partial charge on any atom is -0.504 e. The summed E-state index contributed by atoms with van der Waals surface area (Å²) >= 11 is 1.67. The van der Waals surface area contributed by atoms with Crippen molar-refractivity contribution in [2.24, 2.45) is 11.7 Å². The van der Waals surface area contributed by atoms with Crippen molar-refractivity contribution in [2.75, 3.05) is 13.2 Å². The van der Waals surface area contributed by atoms with E-state index < -0.39 is 6.04 Å². The number of ether oxygens (including phenoxy) is 1. The molecule has 3 rings (SSSR count).